The van der Waals surface area contributed by atoms with Gasteiger partial charge in [0.15, 0.2) is 0 Å². The minimum absolute atomic E-state index is 0.00325. The molecule has 1 aliphatic heterocycles. The summed E-state index contributed by atoms with van der Waals surface area (Å²) in [5.74, 6) is -4.41. The second-order valence-corrected chi connectivity index (χ2v) is 8.50. The maximum absolute atomic E-state index is 12.8. The Morgan fingerprint density at radius 3 is 2.12 bits per heavy atom. The number of nitrogens with one attached hydrogen (secondary N) is 1. The van der Waals surface area contributed by atoms with Crippen LogP contribution in [-0.2, 0) is 14.4 Å². The van der Waals surface area contributed by atoms with Crippen LogP contribution in [-0.4, -0.2) is 52.6 Å². The number of alkyl halides is 3. The first-order chi connectivity index (χ1) is 11.1. The van der Waals surface area contributed by atoms with Crippen LogP contribution in [0.15, 0.2) is 0 Å². The van der Waals surface area contributed by atoms with Crippen molar-refractivity contribution in [3.63, 3.8) is 0 Å². The summed E-state index contributed by atoms with van der Waals surface area (Å²) in [6.07, 6.45) is -5.12. The zero-order valence-corrected chi connectivity index (χ0v) is 14.8. The number of amides is 2. The molecule has 1 aliphatic carbocycles. The van der Waals surface area contributed by atoms with Gasteiger partial charge >= 0.3 is 18.1 Å². The first kappa shape index (κ1) is 19.5. The zero-order chi connectivity index (χ0) is 19.5. The van der Waals surface area contributed by atoms with Gasteiger partial charge in [0, 0.05) is 12.5 Å². The van der Waals surface area contributed by atoms with Gasteiger partial charge in [-0.15, -0.1) is 0 Å². The van der Waals surface area contributed by atoms with E-state index in [-0.39, 0.29) is 23.8 Å². The summed E-state index contributed by atoms with van der Waals surface area (Å²) in [6.45, 7) is 8.54. The predicted octanol–water partition coefficient (Wildman–Crippen LogP) is 1.65. The summed E-state index contributed by atoms with van der Waals surface area (Å²) < 4.78 is 37.7. The maximum atomic E-state index is 12.8. The van der Waals surface area contributed by atoms with Crippen LogP contribution in [0.4, 0.5) is 13.2 Å². The lowest BCUT2D eigenvalue weighted by Crippen LogP contribution is -2.59. The van der Waals surface area contributed by atoms with Crippen LogP contribution in [0.5, 0.6) is 0 Å². The zero-order valence-electron chi connectivity index (χ0n) is 14.8. The van der Waals surface area contributed by atoms with E-state index in [1.807, 2.05) is 13.8 Å². The molecule has 0 unspecified atom stereocenters. The number of rotatable bonds is 3. The van der Waals surface area contributed by atoms with E-state index in [1.54, 1.807) is 5.32 Å². The van der Waals surface area contributed by atoms with E-state index in [0.29, 0.717) is 0 Å². The molecule has 2 N–H and O–H groups in total. The minimum Gasteiger partial charge on any atom is -0.480 e. The van der Waals surface area contributed by atoms with Gasteiger partial charge in [0.05, 0.1) is 0 Å². The number of aliphatic carboxylic acids is 1. The Hall–Kier alpha value is -1.80. The molecular formula is C16H23F3N2O4. The normalized spacial score (nSPS) is 29.0. The SMILES string of the molecule is CC(C)(C)[C@H](NC(=O)C(F)(F)F)C(=O)N1C[C@@H]2[C@H]([C@H]1C(=O)O)C2(C)C. The van der Waals surface area contributed by atoms with Crippen molar-refractivity contribution >= 4 is 17.8 Å². The quantitative estimate of drug-likeness (QED) is 0.797. The molecule has 0 aromatic rings. The van der Waals surface area contributed by atoms with Gasteiger partial charge in [-0.25, -0.2) is 4.79 Å². The smallest absolute Gasteiger partial charge is 0.471 e. The summed E-state index contributed by atoms with van der Waals surface area (Å²) in [6, 6.07) is -2.55. The minimum atomic E-state index is -5.12. The topological polar surface area (TPSA) is 86.7 Å². The Bertz CT molecular complexity index is 609. The number of halogens is 3. The summed E-state index contributed by atoms with van der Waals surface area (Å²) in [5.41, 5.74) is -1.23. The van der Waals surface area contributed by atoms with E-state index in [1.165, 1.54) is 20.8 Å². The van der Waals surface area contributed by atoms with E-state index in [2.05, 4.69) is 0 Å². The van der Waals surface area contributed by atoms with Gasteiger partial charge in [0.1, 0.15) is 12.1 Å². The molecule has 0 bridgehead atoms. The van der Waals surface area contributed by atoms with Crippen LogP contribution in [0, 0.1) is 22.7 Å². The van der Waals surface area contributed by atoms with Gasteiger partial charge in [-0.1, -0.05) is 34.6 Å². The van der Waals surface area contributed by atoms with E-state index in [9.17, 15) is 32.7 Å². The molecule has 6 nitrogen and oxygen atoms in total. The van der Waals surface area contributed by atoms with Crippen LogP contribution in [0.3, 0.4) is 0 Å². The van der Waals surface area contributed by atoms with Gasteiger partial charge in [0.25, 0.3) is 0 Å². The third-order valence-electron chi connectivity index (χ3n) is 5.39. The molecule has 9 heteroatoms. The molecular weight excluding hydrogens is 341 g/mol. The number of piperidine rings is 1. The molecule has 2 fully saturated rings. The molecule has 2 aliphatic rings. The number of carbonyl (C=O) groups excluding carboxylic acids is 2. The van der Waals surface area contributed by atoms with Crippen molar-refractivity contribution < 1.29 is 32.7 Å². The highest BCUT2D eigenvalue weighted by molar-refractivity contribution is 5.93. The van der Waals surface area contributed by atoms with Gasteiger partial charge in [-0.3, -0.25) is 9.59 Å². The molecule has 25 heavy (non-hydrogen) atoms. The average Bonchev–Trinajstić information content (AvgIpc) is 2.82. The van der Waals surface area contributed by atoms with E-state index >= 15 is 0 Å². The van der Waals surface area contributed by atoms with Crippen LogP contribution in [0.2, 0.25) is 0 Å². The predicted molar refractivity (Wildman–Crippen MR) is 81.3 cm³/mol. The van der Waals surface area contributed by atoms with Gasteiger partial charge in [0.2, 0.25) is 5.91 Å². The Kier molecular flexibility index (Phi) is 4.38. The van der Waals surface area contributed by atoms with E-state index < -0.39 is 41.5 Å². The van der Waals surface area contributed by atoms with Crippen LogP contribution in [0.25, 0.3) is 0 Å². The molecule has 2 rings (SSSR count). The van der Waals surface area contributed by atoms with Crippen LogP contribution >= 0.6 is 0 Å². The molecule has 1 saturated heterocycles. The third kappa shape index (κ3) is 3.32. The molecule has 0 radical (unpaired) electrons. The maximum Gasteiger partial charge on any atom is 0.471 e. The number of fused-ring (bicyclic) bond motifs is 1. The van der Waals surface area contributed by atoms with Crippen molar-refractivity contribution in [2.24, 2.45) is 22.7 Å². The van der Waals surface area contributed by atoms with E-state index in [4.69, 9.17) is 0 Å². The molecule has 0 spiro atoms. The average molecular weight is 364 g/mol. The van der Waals surface area contributed by atoms with Crippen molar-refractivity contribution in [2.75, 3.05) is 6.54 Å². The second kappa shape index (κ2) is 5.60. The van der Waals surface area contributed by atoms with Gasteiger partial charge < -0.3 is 15.3 Å². The fourth-order valence-corrected chi connectivity index (χ4v) is 3.82. The number of carboxylic acids is 1. The number of hydrogen-bond acceptors (Lipinski definition) is 3. The van der Waals surface area contributed by atoms with Gasteiger partial charge in [-0.2, -0.15) is 13.2 Å². The van der Waals surface area contributed by atoms with Crippen LogP contribution in [0.1, 0.15) is 34.6 Å². The lowest BCUT2D eigenvalue weighted by Gasteiger charge is -2.36. The van der Waals surface area contributed by atoms with E-state index in [0.717, 1.165) is 4.90 Å². The molecule has 142 valence electrons. The van der Waals surface area contributed by atoms with Crippen molar-refractivity contribution in [1.29, 1.82) is 0 Å². The Morgan fingerprint density at radius 1 is 1.20 bits per heavy atom. The monoisotopic (exact) mass is 364 g/mol. The molecule has 0 aromatic carbocycles. The molecule has 1 heterocycles. The first-order valence-electron chi connectivity index (χ1n) is 8.01. The van der Waals surface area contributed by atoms with Crippen molar-refractivity contribution in [2.45, 2.75) is 52.9 Å². The lowest BCUT2D eigenvalue weighted by atomic mass is 9.85. The summed E-state index contributed by atoms with van der Waals surface area (Å²) in [4.78, 5) is 36.9. The molecule has 2 amide bonds. The number of carbonyl (C=O) groups is 3. The van der Waals surface area contributed by atoms with Gasteiger partial charge in [-0.05, 0) is 16.7 Å². The molecule has 0 aromatic heterocycles. The highest BCUT2D eigenvalue weighted by atomic mass is 19.4. The van der Waals surface area contributed by atoms with Crippen LogP contribution < -0.4 is 5.32 Å². The number of hydrogen-bond donors (Lipinski definition) is 2. The third-order valence-corrected chi connectivity index (χ3v) is 5.39. The number of likely N-dealkylation sites (tertiary alicyclic amines) is 1. The largest absolute Gasteiger partial charge is 0.480 e. The van der Waals surface area contributed by atoms with Crippen molar-refractivity contribution in [3.05, 3.63) is 0 Å². The highest BCUT2D eigenvalue weighted by Crippen LogP contribution is 2.65. The molecule has 1 saturated carbocycles. The second-order valence-electron chi connectivity index (χ2n) is 8.50. The molecule has 4 atom stereocenters. The summed E-state index contributed by atoms with van der Waals surface area (Å²) in [5, 5.41) is 11.2. The Morgan fingerprint density at radius 2 is 1.72 bits per heavy atom. The Labute approximate surface area is 143 Å². The highest BCUT2D eigenvalue weighted by Gasteiger charge is 2.70. The standard InChI is InChI=1S/C16H23F3N2O4/c1-14(2,3)10(20-13(25)16(17,18)19)11(22)21-6-7-8(15(7,4)5)9(21)12(23)24/h7-10H,6H2,1-5H3,(H,20,25)(H,23,24)/t7-,8-,9+,10-/m1/s1. The summed E-state index contributed by atoms with van der Waals surface area (Å²) in [7, 11) is 0. The fraction of sp³-hybridized carbons (Fsp3) is 0.812. The first-order valence-corrected chi connectivity index (χ1v) is 8.01. The number of nitrogens with zero attached hydrogens (tertiary/aromatic N) is 1. The fourth-order valence-electron chi connectivity index (χ4n) is 3.82. The lowest BCUT2D eigenvalue weighted by molar-refractivity contribution is -0.176. The summed E-state index contributed by atoms with van der Waals surface area (Å²) >= 11 is 0. The van der Waals surface area contributed by atoms with Crippen molar-refractivity contribution in [3.8, 4) is 0 Å². The van der Waals surface area contributed by atoms with Crippen molar-refractivity contribution in [1.82, 2.24) is 10.2 Å². The Balaban J connectivity index is 2.26. The number of carboxylic acid groups (broad SMARTS) is 1.